The van der Waals surface area contributed by atoms with Gasteiger partial charge in [0.2, 0.25) is 0 Å². The first-order chi connectivity index (χ1) is 14.4. The van der Waals surface area contributed by atoms with Crippen molar-refractivity contribution in [2.75, 3.05) is 26.8 Å². The van der Waals surface area contributed by atoms with Crippen LogP contribution in [0.5, 0.6) is 0 Å². The molecule has 0 amide bonds. The number of pyridine rings is 1. The van der Waals surface area contributed by atoms with Crippen LogP contribution >= 0.6 is 0 Å². The molecule has 2 aromatic heterocycles. The molecule has 1 aliphatic carbocycles. The van der Waals surface area contributed by atoms with Crippen molar-refractivity contribution in [3.63, 3.8) is 0 Å². The number of imidazole rings is 1. The second-order valence-electron chi connectivity index (χ2n) is 8.74. The number of Topliss-reactive ketones (excluding diaryl/α,β-unsaturated/α-hetero) is 1. The maximum atomic E-state index is 13.3. The molecule has 0 radical (unpaired) electrons. The van der Waals surface area contributed by atoms with Crippen molar-refractivity contribution in [3.8, 4) is 0 Å². The number of aliphatic imine (C=N–C) groups is 1. The molecule has 158 valence electrons. The molecule has 7 nitrogen and oxygen atoms in total. The predicted molar refractivity (Wildman–Crippen MR) is 117 cm³/mol. The van der Waals surface area contributed by atoms with Gasteiger partial charge in [-0.2, -0.15) is 0 Å². The Hall–Kier alpha value is -2.77. The lowest BCUT2D eigenvalue weighted by molar-refractivity contribution is -0.118. The minimum atomic E-state index is -0.190. The first-order valence-corrected chi connectivity index (χ1v) is 10.3. The van der Waals surface area contributed by atoms with Crippen molar-refractivity contribution >= 4 is 17.5 Å². The number of nitrogens with one attached hydrogen (secondary N) is 1. The number of dihydropyridines is 1. The van der Waals surface area contributed by atoms with Gasteiger partial charge >= 0.3 is 0 Å². The zero-order valence-electron chi connectivity index (χ0n) is 17.8. The van der Waals surface area contributed by atoms with Crippen LogP contribution < -0.4 is 11.1 Å². The fourth-order valence-corrected chi connectivity index (χ4v) is 4.50. The fraction of sp³-hybridized carbons (Fsp3) is 0.435. The molecule has 1 unspecified atom stereocenters. The van der Waals surface area contributed by atoms with Gasteiger partial charge in [-0.3, -0.25) is 9.79 Å². The van der Waals surface area contributed by atoms with Crippen molar-refractivity contribution in [1.82, 2.24) is 14.7 Å². The van der Waals surface area contributed by atoms with Crippen molar-refractivity contribution < 1.29 is 9.53 Å². The minimum absolute atomic E-state index is 0.0809. The average molecular weight is 408 g/mol. The Morgan fingerprint density at radius 2 is 2.27 bits per heavy atom. The zero-order valence-corrected chi connectivity index (χ0v) is 17.8. The third-order valence-electron chi connectivity index (χ3n) is 5.72. The number of hydrogen-bond donors (Lipinski definition) is 2. The first kappa shape index (κ1) is 20.5. The van der Waals surface area contributed by atoms with Gasteiger partial charge in [0.05, 0.1) is 31.3 Å². The Labute approximate surface area is 176 Å². The van der Waals surface area contributed by atoms with Gasteiger partial charge in [0, 0.05) is 60.9 Å². The highest BCUT2D eigenvalue weighted by Crippen LogP contribution is 2.46. The summed E-state index contributed by atoms with van der Waals surface area (Å²) in [6.07, 6.45) is 8.79. The van der Waals surface area contributed by atoms with Crippen molar-refractivity contribution in [1.29, 1.82) is 0 Å². The van der Waals surface area contributed by atoms with E-state index in [9.17, 15) is 4.79 Å². The molecule has 0 fully saturated rings. The summed E-state index contributed by atoms with van der Waals surface area (Å²) < 4.78 is 7.74. The second kappa shape index (κ2) is 8.16. The number of fused-ring (bicyclic) bond motifs is 1. The highest BCUT2D eigenvalue weighted by molar-refractivity contribution is 6.02. The molecule has 2 aliphatic rings. The molecule has 0 spiro atoms. The molecule has 4 rings (SSSR count). The van der Waals surface area contributed by atoms with Gasteiger partial charge in [-0.05, 0) is 29.5 Å². The molecule has 3 heterocycles. The number of allylic oxidation sites excluding steroid dienone is 3. The van der Waals surface area contributed by atoms with E-state index in [0.29, 0.717) is 26.2 Å². The molecular weight excluding hydrogens is 378 g/mol. The molecule has 1 atom stereocenters. The van der Waals surface area contributed by atoms with E-state index in [1.165, 1.54) is 0 Å². The summed E-state index contributed by atoms with van der Waals surface area (Å²) in [7, 11) is 1.75. The van der Waals surface area contributed by atoms with E-state index in [1.54, 1.807) is 13.4 Å². The number of hydrogen-bond acceptors (Lipinski definition) is 6. The quantitative estimate of drug-likeness (QED) is 0.567. The van der Waals surface area contributed by atoms with Crippen LogP contribution in [0.2, 0.25) is 0 Å². The van der Waals surface area contributed by atoms with Gasteiger partial charge in [0.15, 0.2) is 5.78 Å². The molecule has 1 aliphatic heterocycles. The zero-order chi connectivity index (χ0) is 21.3. The molecule has 0 aromatic carbocycles. The Kier molecular flexibility index (Phi) is 5.58. The van der Waals surface area contributed by atoms with Crippen LogP contribution in [0.3, 0.4) is 0 Å². The molecule has 0 bridgehead atoms. The topological polar surface area (TPSA) is 94.0 Å². The van der Waals surface area contributed by atoms with E-state index >= 15 is 0 Å². The first-order valence-electron chi connectivity index (χ1n) is 10.3. The van der Waals surface area contributed by atoms with Gasteiger partial charge < -0.3 is 20.2 Å². The van der Waals surface area contributed by atoms with E-state index in [2.05, 4.69) is 41.3 Å². The lowest BCUT2D eigenvalue weighted by atomic mass is 9.69. The monoisotopic (exact) mass is 407 g/mol. The summed E-state index contributed by atoms with van der Waals surface area (Å²) in [6, 6.07) is 4.16. The standard InChI is InChI=1S/C23H29N5O2/c1-23(2)9-18-22(20(29)10-23)21(15-4-6-28-14-26-11-16(28)8-15)17(12-25-3)19(27-18)13-30-7-5-24/h4,6,8,11-12,14,21,27H,5,7,9-10,13,24H2,1-3H3. The van der Waals surface area contributed by atoms with Crippen LogP contribution in [0.1, 0.15) is 38.2 Å². The van der Waals surface area contributed by atoms with Gasteiger partial charge in [0.1, 0.15) is 0 Å². The Bertz CT molecular complexity index is 1060. The lowest BCUT2D eigenvalue weighted by Gasteiger charge is -2.40. The summed E-state index contributed by atoms with van der Waals surface area (Å²) in [5.41, 5.74) is 11.3. The van der Waals surface area contributed by atoms with Gasteiger partial charge in [-0.1, -0.05) is 13.8 Å². The van der Waals surface area contributed by atoms with E-state index in [4.69, 9.17) is 10.5 Å². The second-order valence-corrected chi connectivity index (χ2v) is 8.74. The molecule has 0 saturated carbocycles. The van der Waals surface area contributed by atoms with Crippen LogP contribution in [0, 0.1) is 5.41 Å². The Balaban J connectivity index is 1.87. The third-order valence-corrected chi connectivity index (χ3v) is 5.72. The highest BCUT2D eigenvalue weighted by atomic mass is 16.5. The normalized spacial score (nSPS) is 21.5. The largest absolute Gasteiger partial charge is 0.374 e. The maximum Gasteiger partial charge on any atom is 0.162 e. The van der Waals surface area contributed by atoms with Crippen LogP contribution in [-0.4, -0.2) is 48.2 Å². The summed E-state index contributed by atoms with van der Waals surface area (Å²) in [5.74, 6) is 0.000914. The SMILES string of the molecule is CN=CC1=C(COCCN)NC2=C(C(=O)CC(C)(C)C2)C1c1ccn2cncc2c1. The highest BCUT2D eigenvalue weighted by Gasteiger charge is 2.41. The number of ketones is 1. The predicted octanol–water partition coefficient (Wildman–Crippen LogP) is 2.59. The van der Waals surface area contributed by atoms with Crippen LogP contribution in [-0.2, 0) is 9.53 Å². The van der Waals surface area contributed by atoms with E-state index < -0.39 is 0 Å². The third kappa shape index (κ3) is 3.82. The number of carbonyl (C=O) groups excluding carboxylic acids is 1. The van der Waals surface area contributed by atoms with Gasteiger partial charge in [-0.25, -0.2) is 4.98 Å². The molecular formula is C23H29N5O2. The van der Waals surface area contributed by atoms with Crippen molar-refractivity contribution in [2.24, 2.45) is 16.1 Å². The van der Waals surface area contributed by atoms with Crippen molar-refractivity contribution in [3.05, 3.63) is 59.0 Å². The maximum absolute atomic E-state index is 13.3. The Morgan fingerprint density at radius 1 is 1.43 bits per heavy atom. The van der Waals surface area contributed by atoms with Crippen molar-refractivity contribution in [2.45, 2.75) is 32.6 Å². The molecule has 30 heavy (non-hydrogen) atoms. The number of nitrogens with two attached hydrogens (primary N) is 1. The number of rotatable bonds is 6. The molecule has 0 saturated heterocycles. The summed E-state index contributed by atoms with van der Waals surface area (Å²) in [4.78, 5) is 21.9. The van der Waals surface area contributed by atoms with E-state index in [1.807, 2.05) is 23.0 Å². The summed E-state index contributed by atoms with van der Waals surface area (Å²) in [5, 5.41) is 3.53. The van der Waals surface area contributed by atoms with E-state index in [-0.39, 0.29) is 17.1 Å². The average Bonchev–Trinajstić information content (AvgIpc) is 3.16. The van der Waals surface area contributed by atoms with Crippen LogP contribution in [0.15, 0.2) is 58.4 Å². The Morgan fingerprint density at radius 3 is 3.03 bits per heavy atom. The fourth-order valence-electron chi connectivity index (χ4n) is 4.50. The number of nitrogens with zero attached hydrogens (tertiary/aromatic N) is 3. The van der Waals surface area contributed by atoms with Gasteiger partial charge in [0.25, 0.3) is 0 Å². The van der Waals surface area contributed by atoms with Gasteiger partial charge in [-0.15, -0.1) is 0 Å². The summed E-state index contributed by atoms with van der Waals surface area (Å²) >= 11 is 0. The smallest absolute Gasteiger partial charge is 0.162 e. The summed E-state index contributed by atoms with van der Waals surface area (Å²) in [6.45, 7) is 5.62. The van der Waals surface area contributed by atoms with E-state index in [0.717, 1.165) is 40.0 Å². The molecule has 2 aromatic rings. The number of ether oxygens (including phenoxy) is 1. The molecule has 7 heteroatoms. The van der Waals surface area contributed by atoms with Crippen LogP contribution in [0.4, 0.5) is 0 Å². The lowest BCUT2D eigenvalue weighted by Crippen LogP contribution is -2.39. The minimum Gasteiger partial charge on any atom is -0.374 e. The number of aromatic nitrogens is 2. The molecule has 3 N–H and O–H groups in total. The number of carbonyl (C=O) groups is 1. The van der Waals surface area contributed by atoms with Crippen LogP contribution in [0.25, 0.3) is 5.52 Å².